The van der Waals surface area contributed by atoms with Crippen molar-refractivity contribution in [3.05, 3.63) is 51.3 Å². The molecule has 4 heteroatoms. The molecule has 2 aromatic rings. The lowest BCUT2D eigenvalue weighted by Gasteiger charge is -2.13. The average molecular weight is 337 g/mol. The van der Waals surface area contributed by atoms with Crippen LogP contribution in [0.2, 0.25) is 0 Å². The molecule has 0 aliphatic heterocycles. The molecule has 0 bridgehead atoms. The minimum absolute atomic E-state index is 0.394. The molecular formula is C16H21BrN2O. The Balaban J connectivity index is 2.10. The number of hydrogen-bond acceptors (Lipinski definition) is 2. The van der Waals surface area contributed by atoms with Gasteiger partial charge in [-0.25, -0.2) is 0 Å². The summed E-state index contributed by atoms with van der Waals surface area (Å²) in [5, 5.41) is 14.8. The molecule has 0 fully saturated rings. The van der Waals surface area contributed by atoms with Crippen molar-refractivity contribution >= 4 is 15.9 Å². The van der Waals surface area contributed by atoms with Crippen LogP contribution in [0.1, 0.15) is 29.4 Å². The topological polar surface area (TPSA) is 38.0 Å². The molecule has 1 N–H and O–H groups in total. The highest BCUT2D eigenvalue weighted by Gasteiger charge is 2.16. The van der Waals surface area contributed by atoms with Crippen molar-refractivity contribution in [3.63, 3.8) is 0 Å². The Hall–Kier alpha value is -1.13. The van der Waals surface area contributed by atoms with E-state index < -0.39 is 6.10 Å². The third-order valence-electron chi connectivity index (χ3n) is 3.44. The number of halogens is 1. The summed E-state index contributed by atoms with van der Waals surface area (Å²) in [5.74, 6) is 0. The predicted octanol–water partition coefficient (Wildman–Crippen LogP) is 3.43. The van der Waals surface area contributed by atoms with E-state index in [0.29, 0.717) is 12.8 Å². The molecule has 0 aliphatic carbocycles. The molecule has 1 aromatic heterocycles. The van der Waals surface area contributed by atoms with Crippen LogP contribution in [-0.4, -0.2) is 21.0 Å². The van der Waals surface area contributed by atoms with Crippen molar-refractivity contribution in [3.8, 4) is 0 Å². The standard InChI is InChI=1S/C16H21BrN2O/c1-4-19-15(16(17)12(3)18-19)10-14(20)9-13-7-5-6-11(2)8-13/h5-8,14,20H,4,9-10H2,1-3H3. The lowest BCUT2D eigenvalue weighted by Crippen LogP contribution is -2.17. The van der Waals surface area contributed by atoms with Gasteiger partial charge in [0.2, 0.25) is 0 Å². The zero-order valence-corrected chi connectivity index (χ0v) is 13.8. The van der Waals surface area contributed by atoms with Gasteiger partial charge in [0.1, 0.15) is 0 Å². The van der Waals surface area contributed by atoms with Crippen LogP contribution >= 0.6 is 15.9 Å². The van der Waals surface area contributed by atoms with Gasteiger partial charge in [0.15, 0.2) is 0 Å². The third-order valence-corrected chi connectivity index (χ3v) is 4.47. The Morgan fingerprint density at radius 2 is 2.05 bits per heavy atom. The Labute approximate surface area is 128 Å². The summed E-state index contributed by atoms with van der Waals surface area (Å²) < 4.78 is 2.97. The van der Waals surface area contributed by atoms with Crippen LogP contribution in [0.3, 0.4) is 0 Å². The fraction of sp³-hybridized carbons (Fsp3) is 0.438. The predicted molar refractivity (Wildman–Crippen MR) is 84.9 cm³/mol. The number of aliphatic hydroxyl groups is 1. The lowest BCUT2D eigenvalue weighted by atomic mass is 10.0. The fourth-order valence-electron chi connectivity index (χ4n) is 2.47. The van der Waals surface area contributed by atoms with Crippen molar-refractivity contribution in [2.75, 3.05) is 0 Å². The minimum Gasteiger partial charge on any atom is -0.392 e. The van der Waals surface area contributed by atoms with Crippen molar-refractivity contribution < 1.29 is 5.11 Å². The smallest absolute Gasteiger partial charge is 0.0738 e. The van der Waals surface area contributed by atoms with Gasteiger partial charge in [0.25, 0.3) is 0 Å². The monoisotopic (exact) mass is 336 g/mol. The molecule has 0 aliphatic rings. The number of benzene rings is 1. The summed E-state index contributed by atoms with van der Waals surface area (Å²) in [6, 6.07) is 8.30. The van der Waals surface area contributed by atoms with Crippen molar-refractivity contribution in [2.45, 2.75) is 46.3 Å². The maximum Gasteiger partial charge on any atom is 0.0738 e. The van der Waals surface area contributed by atoms with Gasteiger partial charge in [-0.2, -0.15) is 5.10 Å². The van der Waals surface area contributed by atoms with Gasteiger partial charge in [0.05, 0.1) is 22.0 Å². The summed E-state index contributed by atoms with van der Waals surface area (Å²) in [5.41, 5.74) is 4.45. The van der Waals surface area contributed by atoms with E-state index in [-0.39, 0.29) is 0 Å². The number of aliphatic hydroxyl groups excluding tert-OH is 1. The van der Waals surface area contributed by atoms with Crippen LogP contribution in [0.4, 0.5) is 0 Å². The summed E-state index contributed by atoms with van der Waals surface area (Å²) in [7, 11) is 0. The van der Waals surface area contributed by atoms with Crippen LogP contribution in [0.5, 0.6) is 0 Å². The van der Waals surface area contributed by atoms with Crippen LogP contribution in [0.15, 0.2) is 28.7 Å². The van der Waals surface area contributed by atoms with Gasteiger partial charge in [-0.15, -0.1) is 0 Å². The zero-order chi connectivity index (χ0) is 14.7. The maximum atomic E-state index is 10.3. The summed E-state index contributed by atoms with van der Waals surface area (Å²) in [6.07, 6.45) is 0.889. The van der Waals surface area contributed by atoms with Gasteiger partial charge < -0.3 is 5.11 Å². The van der Waals surface area contributed by atoms with Crippen LogP contribution in [0.25, 0.3) is 0 Å². The van der Waals surface area contributed by atoms with E-state index in [4.69, 9.17) is 0 Å². The molecule has 1 heterocycles. The first-order valence-corrected chi connectivity index (χ1v) is 7.76. The second kappa shape index (κ2) is 6.55. The van der Waals surface area contributed by atoms with Gasteiger partial charge in [0, 0.05) is 13.0 Å². The van der Waals surface area contributed by atoms with E-state index >= 15 is 0 Å². The second-order valence-electron chi connectivity index (χ2n) is 5.21. The first kappa shape index (κ1) is 15.3. The van der Waals surface area contributed by atoms with Gasteiger partial charge in [-0.1, -0.05) is 29.8 Å². The molecule has 108 valence electrons. The number of nitrogens with zero attached hydrogens (tertiary/aromatic N) is 2. The highest BCUT2D eigenvalue weighted by molar-refractivity contribution is 9.10. The average Bonchev–Trinajstić information content (AvgIpc) is 2.66. The van der Waals surface area contributed by atoms with Gasteiger partial charge >= 0.3 is 0 Å². The van der Waals surface area contributed by atoms with Gasteiger partial charge in [-0.05, 0) is 48.7 Å². The zero-order valence-electron chi connectivity index (χ0n) is 12.2. The first-order valence-electron chi connectivity index (χ1n) is 6.96. The molecular weight excluding hydrogens is 316 g/mol. The molecule has 0 spiro atoms. The fourth-order valence-corrected chi connectivity index (χ4v) is 2.92. The third kappa shape index (κ3) is 3.49. The maximum absolute atomic E-state index is 10.3. The molecule has 0 saturated heterocycles. The lowest BCUT2D eigenvalue weighted by molar-refractivity contribution is 0.172. The molecule has 20 heavy (non-hydrogen) atoms. The van der Waals surface area contributed by atoms with E-state index in [1.165, 1.54) is 11.1 Å². The summed E-state index contributed by atoms with van der Waals surface area (Å²) in [6.45, 7) is 6.93. The van der Waals surface area contributed by atoms with Crippen LogP contribution in [-0.2, 0) is 19.4 Å². The van der Waals surface area contributed by atoms with Crippen molar-refractivity contribution in [1.82, 2.24) is 9.78 Å². The van der Waals surface area contributed by atoms with E-state index in [2.05, 4.69) is 53.1 Å². The largest absolute Gasteiger partial charge is 0.392 e. The molecule has 2 rings (SSSR count). The van der Waals surface area contributed by atoms with Crippen LogP contribution < -0.4 is 0 Å². The quantitative estimate of drug-likeness (QED) is 0.908. The SMILES string of the molecule is CCn1nc(C)c(Br)c1CC(O)Cc1cccc(C)c1. The van der Waals surface area contributed by atoms with Crippen molar-refractivity contribution in [2.24, 2.45) is 0 Å². The van der Waals surface area contributed by atoms with E-state index in [1.54, 1.807) is 0 Å². The normalized spacial score (nSPS) is 12.7. The van der Waals surface area contributed by atoms with E-state index in [9.17, 15) is 5.11 Å². The van der Waals surface area contributed by atoms with Gasteiger partial charge in [-0.3, -0.25) is 4.68 Å². The molecule has 1 unspecified atom stereocenters. The highest BCUT2D eigenvalue weighted by atomic mass is 79.9. The van der Waals surface area contributed by atoms with E-state index in [1.807, 2.05) is 17.7 Å². The molecule has 0 radical (unpaired) electrons. The molecule has 3 nitrogen and oxygen atoms in total. The Kier molecular flexibility index (Phi) is 5.00. The van der Waals surface area contributed by atoms with Crippen molar-refractivity contribution in [1.29, 1.82) is 0 Å². The number of aryl methyl sites for hydroxylation is 3. The second-order valence-corrected chi connectivity index (χ2v) is 6.01. The Morgan fingerprint density at radius 3 is 2.70 bits per heavy atom. The van der Waals surface area contributed by atoms with E-state index in [0.717, 1.165) is 22.4 Å². The Bertz CT molecular complexity index is 592. The summed E-state index contributed by atoms with van der Waals surface area (Å²) in [4.78, 5) is 0. The first-order chi connectivity index (χ1) is 9.51. The van der Waals surface area contributed by atoms with Crippen LogP contribution in [0, 0.1) is 13.8 Å². The minimum atomic E-state index is -0.394. The Morgan fingerprint density at radius 1 is 1.30 bits per heavy atom. The number of aromatic nitrogens is 2. The highest BCUT2D eigenvalue weighted by Crippen LogP contribution is 2.23. The number of hydrogen-bond donors (Lipinski definition) is 1. The molecule has 1 aromatic carbocycles. The number of rotatable bonds is 5. The molecule has 0 saturated carbocycles. The molecule has 0 amide bonds. The summed E-state index contributed by atoms with van der Waals surface area (Å²) >= 11 is 3.57. The molecule has 1 atom stereocenters.